The smallest absolute Gasteiger partial charge is 0.176 e. The molecule has 0 aliphatic heterocycles. The average molecular weight is 259 g/mol. The van der Waals surface area contributed by atoms with Crippen LogP contribution in [0.4, 0.5) is 0 Å². The highest BCUT2D eigenvalue weighted by Gasteiger charge is 2.16. The first-order valence-electron chi connectivity index (χ1n) is 6.63. The van der Waals surface area contributed by atoms with Crippen molar-refractivity contribution in [2.24, 2.45) is 7.05 Å². The van der Waals surface area contributed by atoms with Crippen LogP contribution in [0.1, 0.15) is 35.5 Å². The molecule has 0 saturated carbocycles. The Morgan fingerprint density at radius 3 is 2.68 bits per heavy atom. The molecule has 0 amide bonds. The zero-order valence-corrected chi connectivity index (χ0v) is 12.0. The molecule has 1 N–H and O–H groups in total. The van der Waals surface area contributed by atoms with Crippen LogP contribution < -0.4 is 5.32 Å². The fourth-order valence-corrected chi connectivity index (χ4v) is 2.34. The first kappa shape index (κ1) is 13.7. The maximum atomic E-state index is 4.26. The van der Waals surface area contributed by atoms with Crippen molar-refractivity contribution in [3.8, 4) is 0 Å². The summed E-state index contributed by atoms with van der Waals surface area (Å²) in [6.45, 7) is 7.29. The van der Waals surface area contributed by atoms with Crippen LogP contribution in [0.25, 0.3) is 0 Å². The number of hydrogen-bond acceptors (Lipinski definition) is 4. The van der Waals surface area contributed by atoms with Crippen molar-refractivity contribution in [3.05, 3.63) is 40.7 Å². The van der Waals surface area contributed by atoms with E-state index in [2.05, 4.69) is 59.7 Å². The van der Waals surface area contributed by atoms with Crippen LogP contribution in [0.15, 0.2) is 18.2 Å². The third kappa shape index (κ3) is 3.38. The summed E-state index contributed by atoms with van der Waals surface area (Å²) in [6, 6.07) is 6.78. The first-order valence-corrected chi connectivity index (χ1v) is 6.63. The predicted octanol–water partition coefficient (Wildman–Crippen LogP) is 1.72. The van der Waals surface area contributed by atoms with E-state index in [1.165, 1.54) is 21.5 Å². The Labute approximate surface area is 114 Å². The van der Waals surface area contributed by atoms with Crippen molar-refractivity contribution in [1.82, 2.24) is 25.5 Å². The van der Waals surface area contributed by atoms with Crippen LogP contribution in [0.2, 0.25) is 0 Å². The Kier molecular flexibility index (Phi) is 4.27. The molecule has 19 heavy (non-hydrogen) atoms. The molecule has 1 heterocycles. The van der Waals surface area contributed by atoms with Gasteiger partial charge in [0, 0.05) is 12.5 Å². The molecule has 0 aliphatic carbocycles. The number of tetrazole rings is 1. The van der Waals surface area contributed by atoms with E-state index in [0.29, 0.717) is 0 Å². The fourth-order valence-electron chi connectivity index (χ4n) is 2.34. The largest absolute Gasteiger partial charge is 0.310 e. The third-order valence-corrected chi connectivity index (χ3v) is 3.19. The first-order chi connectivity index (χ1) is 9.10. The number of likely N-dealkylation sites (N-methyl/N-ethyl adjacent to an activating group) is 1. The molecule has 0 radical (unpaired) electrons. The van der Waals surface area contributed by atoms with E-state index in [-0.39, 0.29) is 6.04 Å². The van der Waals surface area contributed by atoms with Crippen molar-refractivity contribution in [2.75, 3.05) is 6.54 Å². The van der Waals surface area contributed by atoms with Gasteiger partial charge in [0.05, 0.1) is 7.05 Å². The highest BCUT2D eigenvalue weighted by atomic mass is 15.6. The average Bonchev–Trinajstić information content (AvgIpc) is 2.74. The number of hydrogen-bond donors (Lipinski definition) is 1. The van der Waals surface area contributed by atoms with Crippen molar-refractivity contribution in [3.63, 3.8) is 0 Å². The number of nitrogens with zero attached hydrogens (tertiary/aromatic N) is 4. The molecule has 0 saturated heterocycles. The normalized spacial score (nSPS) is 12.6. The summed E-state index contributed by atoms with van der Waals surface area (Å²) in [7, 11) is 1.79. The molecule has 2 rings (SSSR count). The van der Waals surface area contributed by atoms with Gasteiger partial charge in [-0.05, 0) is 36.7 Å². The number of nitrogens with one attached hydrogen (secondary N) is 1. The van der Waals surface area contributed by atoms with Gasteiger partial charge in [0.15, 0.2) is 5.82 Å². The van der Waals surface area contributed by atoms with Crippen molar-refractivity contribution in [1.29, 1.82) is 0 Å². The maximum absolute atomic E-state index is 4.26. The van der Waals surface area contributed by atoms with E-state index in [1.807, 2.05) is 0 Å². The zero-order chi connectivity index (χ0) is 13.8. The second kappa shape index (κ2) is 5.93. The van der Waals surface area contributed by atoms with Crippen molar-refractivity contribution in [2.45, 2.75) is 33.2 Å². The van der Waals surface area contributed by atoms with Gasteiger partial charge in [-0.3, -0.25) is 0 Å². The van der Waals surface area contributed by atoms with Gasteiger partial charge in [0.1, 0.15) is 0 Å². The third-order valence-electron chi connectivity index (χ3n) is 3.19. The summed E-state index contributed by atoms with van der Waals surface area (Å²) in [5.74, 6) is 0.772. The summed E-state index contributed by atoms with van der Waals surface area (Å²) in [6.07, 6.45) is 0.756. The van der Waals surface area contributed by atoms with E-state index in [9.17, 15) is 0 Å². The van der Waals surface area contributed by atoms with E-state index in [1.54, 1.807) is 7.05 Å². The lowest BCUT2D eigenvalue weighted by atomic mass is 9.97. The number of aryl methyl sites for hydroxylation is 3. The molecule has 0 spiro atoms. The molecule has 1 aromatic heterocycles. The van der Waals surface area contributed by atoms with Gasteiger partial charge >= 0.3 is 0 Å². The lowest BCUT2D eigenvalue weighted by Gasteiger charge is -2.19. The van der Waals surface area contributed by atoms with Gasteiger partial charge in [-0.25, -0.2) is 0 Å². The Balaban J connectivity index is 2.23. The van der Waals surface area contributed by atoms with Crippen LogP contribution in [-0.4, -0.2) is 26.8 Å². The van der Waals surface area contributed by atoms with Gasteiger partial charge in [-0.1, -0.05) is 30.7 Å². The zero-order valence-electron chi connectivity index (χ0n) is 12.0. The molecule has 1 unspecified atom stereocenters. The molecule has 0 fully saturated rings. The summed E-state index contributed by atoms with van der Waals surface area (Å²) in [4.78, 5) is 1.50. The summed E-state index contributed by atoms with van der Waals surface area (Å²) >= 11 is 0. The second-order valence-electron chi connectivity index (χ2n) is 4.87. The lowest BCUT2D eigenvalue weighted by Crippen LogP contribution is -2.24. The Hall–Kier alpha value is -1.75. The van der Waals surface area contributed by atoms with Gasteiger partial charge in [-0.2, -0.15) is 4.80 Å². The van der Waals surface area contributed by atoms with Crippen LogP contribution in [0.5, 0.6) is 0 Å². The molecule has 0 aliphatic rings. The van der Waals surface area contributed by atoms with E-state index < -0.39 is 0 Å². The molecule has 5 nitrogen and oxygen atoms in total. The number of rotatable bonds is 5. The van der Waals surface area contributed by atoms with E-state index in [0.717, 1.165) is 18.8 Å². The quantitative estimate of drug-likeness (QED) is 0.888. The Morgan fingerprint density at radius 1 is 1.32 bits per heavy atom. The number of benzene rings is 1. The standard InChI is InChI=1S/C14H21N5/c1-5-15-13(9-14-16-18-19(4)17-14)12-7-6-10(2)8-11(12)3/h6-8,13,15H,5,9H2,1-4H3. The molecular weight excluding hydrogens is 238 g/mol. The van der Waals surface area contributed by atoms with Gasteiger partial charge < -0.3 is 5.32 Å². The highest BCUT2D eigenvalue weighted by molar-refractivity contribution is 5.33. The van der Waals surface area contributed by atoms with Gasteiger partial charge in [0.2, 0.25) is 0 Å². The summed E-state index contributed by atoms with van der Waals surface area (Å²) in [5.41, 5.74) is 3.89. The van der Waals surface area contributed by atoms with Crippen molar-refractivity contribution < 1.29 is 0 Å². The van der Waals surface area contributed by atoms with E-state index in [4.69, 9.17) is 0 Å². The van der Waals surface area contributed by atoms with Crippen LogP contribution in [0, 0.1) is 13.8 Å². The monoisotopic (exact) mass is 259 g/mol. The minimum Gasteiger partial charge on any atom is -0.310 e. The molecule has 102 valence electrons. The summed E-state index contributed by atoms with van der Waals surface area (Å²) in [5, 5.41) is 15.7. The maximum Gasteiger partial charge on any atom is 0.176 e. The van der Waals surface area contributed by atoms with Gasteiger partial charge in [-0.15, -0.1) is 10.2 Å². The van der Waals surface area contributed by atoms with Crippen LogP contribution >= 0.6 is 0 Å². The van der Waals surface area contributed by atoms with Crippen LogP contribution in [0.3, 0.4) is 0 Å². The molecule has 1 aromatic carbocycles. The minimum absolute atomic E-state index is 0.231. The fraction of sp³-hybridized carbons (Fsp3) is 0.500. The predicted molar refractivity (Wildman–Crippen MR) is 74.8 cm³/mol. The molecular formula is C14H21N5. The molecule has 2 aromatic rings. The van der Waals surface area contributed by atoms with Gasteiger partial charge in [0.25, 0.3) is 0 Å². The number of aromatic nitrogens is 4. The highest BCUT2D eigenvalue weighted by Crippen LogP contribution is 2.21. The molecule has 5 heteroatoms. The summed E-state index contributed by atoms with van der Waals surface area (Å²) < 4.78 is 0. The second-order valence-corrected chi connectivity index (χ2v) is 4.87. The van der Waals surface area contributed by atoms with E-state index >= 15 is 0 Å². The van der Waals surface area contributed by atoms with Crippen molar-refractivity contribution >= 4 is 0 Å². The Morgan fingerprint density at radius 2 is 2.11 bits per heavy atom. The Bertz CT molecular complexity index is 547. The topological polar surface area (TPSA) is 55.6 Å². The molecule has 1 atom stereocenters. The van der Waals surface area contributed by atoms with Crippen LogP contribution in [-0.2, 0) is 13.5 Å². The molecule has 0 bridgehead atoms. The lowest BCUT2D eigenvalue weighted by molar-refractivity contribution is 0.532. The minimum atomic E-state index is 0.231. The SMILES string of the molecule is CCNC(Cc1nnn(C)n1)c1ccc(C)cc1C.